The second-order valence-corrected chi connectivity index (χ2v) is 9.80. The summed E-state index contributed by atoms with van der Waals surface area (Å²) < 4.78 is 0. The summed E-state index contributed by atoms with van der Waals surface area (Å²) in [4.78, 5) is 23.7. The topological polar surface area (TPSA) is 74.6 Å². The first-order valence-electron chi connectivity index (χ1n) is 11.7. The van der Waals surface area contributed by atoms with Gasteiger partial charge in [-0.1, -0.05) is 66.9 Å². The van der Waals surface area contributed by atoms with Crippen molar-refractivity contribution in [3.05, 3.63) is 34.4 Å². The molecule has 0 aliphatic heterocycles. The van der Waals surface area contributed by atoms with Gasteiger partial charge >= 0.3 is 11.9 Å². The molecule has 0 spiro atoms. The Balaban J connectivity index is 3.12. The molecule has 4 heteroatoms. The van der Waals surface area contributed by atoms with E-state index in [1.807, 2.05) is 6.07 Å². The van der Waals surface area contributed by atoms with Crippen molar-refractivity contribution in [3.8, 4) is 0 Å². The second-order valence-electron chi connectivity index (χ2n) is 9.80. The van der Waals surface area contributed by atoms with Gasteiger partial charge in [-0.15, -0.1) is 0 Å². The van der Waals surface area contributed by atoms with Crippen LogP contribution in [0.25, 0.3) is 0 Å². The summed E-state index contributed by atoms with van der Waals surface area (Å²) in [6.07, 6.45) is 7.94. The molecule has 0 heterocycles. The van der Waals surface area contributed by atoms with Crippen molar-refractivity contribution in [3.63, 3.8) is 0 Å². The van der Waals surface area contributed by atoms with Gasteiger partial charge in [-0.05, 0) is 73.0 Å². The molecule has 4 nitrogen and oxygen atoms in total. The molecule has 0 aliphatic rings. The van der Waals surface area contributed by atoms with Crippen LogP contribution in [0.5, 0.6) is 0 Å². The van der Waals surface area contributed by atoms with Gasteiger partial charge in [0.25, 0.3) is 0 Å². The molecule has 1 aromatic carbocycles. The zero-order chi connectivity index (χ0) is 22.8. The molecule has 0 fully saturated rings. The van der Waals surface area contributed by atoms with Crippen molar-refractivity contribution >= 4 is 11.9 Å². The Bertz CT molecular complexity index is 693. The molecule has 1 rings (SSSR count). The molecule has 2 N–H and O–H groups in total. The Labute approximate surface area is 183 Å². The largest absolute Gasteiger partial charge is 0.478 e. The highest BCUT2D eigenvalue weighted by Crippen LogP contribution is 2.28. The van der Waals surface area contributed by atoms with Crippen LogP contribution in [0.3, 0.4) is 0 Å². The number of carboxylic acids is 2. The summed E-state index contributed by atoms with van der Waals surface area (Å²) in [6.45, 7) is 13.4. The van der Waals surface area contributed by atoms with Gasteiger partial charge in [0, 0.05) is 0 Å². The molecule has 0 saturated carbocycles. The molecule has 30 heavy (non-hydrogen) atoms. The zero-order valence-corrected chi connectivity index (χ0v) is 19.8. The van der Waals surface area contributed by atoms with Gasteiger partial charge in [-0.3, -0.25) is 0 Å². The van der Waals surface area contributed by atoms with Crippen molar-refractivity contribution in [2.75, 3.05) is 0 Å². The van der Waals surface area contributed by atoms with Gasteiger partial charge in [0.2, 0.25) is 0 Å². The highest BCUT2D eigenvalue weighted by molar-refractivity contribution is 6.03. The van der Waals surface area contributed by atoms with E-state index in [4.69, 9.17) is 0 Å². The lowest BCUT2D eigenvalue weighted by atomic mass is 9.84. The van der Waals surface area contributed by atoms with Crippen LogP contribution >= 0.6 is 0 Å². The van der Waals surface area contributed by atoms with Crippen LogP contribution in [0.2, 0.25) is 0 Å². The van der Waals surface area contributed by atoms with E-state index in [1.54, 1.807) is 0 Å². The molecule has 0 bridgehead atoms. The standard InChI is InChI=1S/C26H42O4/c1-7-9-18(4)15-20(6)16-21-12-13-23(25(27)28)24(26(29)30)22(21)11-8-10-19(5)14-17(2)3/h12-13,17-20H,7-11,14-16H2,1-6H3,(H,27,28)(H,29,30). The third-order valence-corrected chi connectivity index (χ3v) is 6.01. The quantitative estimate of drug-likeness (QED) is 0.338. The van der Waals surface area contributed by atoms with E-state index in [0.717, 1.165) is 43.2 Å². The van der Waals surface area contributed by atoms with Crippen molar-refractivity contribution in [1.29, 1.82) is 0 Å². The van der Waals surface area contributed by atoms with E-state index in [2.05, 4.69) is 41.5 Å². The van der Waals surface area contributed by atoms with E-state index in [0.29, 0.717) is 30.1 Å². The molecule has 0 aliphatic carbocycles. The zero-order valence-electron chi connectivity index (χ0n) is 19.8. The third-order valence-electron chi connectivity index (χ3n) is 6.01. The number of benzene rings is 1. The van der Waals surface area contributed by atoms with Crippen LogP contribution in [0.4, 0.5) is 0 Å². The molecule has 0 amide bonds. The number of carboxylic acid groups (broad SMARTS) is 2. The summed E-state index contributed by atoms with van der Waals surface area (Å²) in [5, 5.41) is 19.4. The van der Waals surface area contributed by atoms with Gasteiger partial charge in [-0.2, -0.15) is 0 Å². The third kappa shape index (κ3) is 8.49. The normalized spacial score (nSPS) is 14.5. The Hall–Kier alpha value is -1.84. The molecular formula is C26H42O4. The number of hydrogen-bond acceptors (Lipinski definition) is 2. The maximum Gasteiger partial charge on any atom is 0.336 e. The van der Waals surface area contributed by atoms with E-state index in [9.17, 15) is 19.8 Å². The average Bonchev–Trinajstić information content (AvgIpc) is 2.61. The lowest BCUT2D eigenvalue weighted by molar-refractivity contribution is 0.0650. The fraction of sp³-hybridized carbons (Fsp3) is 0.692. The summed E-state index contributed by atoms with van der Waals surface area (Å²) >= 11 is 0. The van der Waals surface area contributed by atoms with Crippen molar-refractivity contribution in [1.82, 2.24) is 0 Å². The van der Waals surface area contributed by atoms with Crippen LogP contribution in [0, 0.1) is 23.7 Å². The molecule has 170 valence electrons. The van der Waals surface area contributed by atoms with Gasteiger partial charge in [-0.25, -0.2) is 9.59 Å². The van der Waals surface area contributed by atoms with E-state index < -0.39 is 11.9 Å². The van der Waals surface area contributed by atoms with Gasteiger partial charge < -0.3 is 10.2 Å². The summed E-state index contributed by atoms with van der Waals surface area (Å²) in [6, 6.07) is 3.33. The SMILES string of the molecule is CCCC(C)CC(C)Cc1ccc(C(=O)O)c(C(=O)O)c1CCCC(C)CC(C)C. The number of hydrogen-bond donors (Lipinski definition) is 2. The maximum atomic E-state index is 12.0. The predicted octanol–water partition coefficient (Wildman–Crippen LogP) is 7.09. The molecule has 0 aromatic heterocycles. The lowest BCUT2D eigenvalue weighted by Crippen LogP contribution is -2.16. The molecule has 3 atom stereocenters. The summed E-state index contributed by atoms with van der Waals surface area (Å²) in [7, 11) is 0. The highest BCUT2D eigenvalue weighted by atomic mass is 16.4. The Morgan fingerprint density at radius 1 is 0.867 bits per heavy atom. The summed E-state index contributed by atoms with van der Waals surface area (Å²) in [5.41, 5.74) is 1.63. The second kappa shape index (κ2) is 12.8. The lowest BCUT2D eigenvalue weighted by Gasteiger charge is -2.21. The first kappa shape index (κ1) is 26.2. The number of rotatable bonds is 14. The first-order chi connectivity index (χ1) is 14.1. The van der Waals surface area contributed by atoms with Gasteiger partial charge in [0.05, 0.1) is 11.1 Å². The van der Waals surface area contributed by atoms with Crippen LogP contribution in [0.15, 0.2) is 12.1 Å². The fourth-order valence-corrected chi connectivity index (χ4v) is 4.90. The van der Waals surface area contributed by atoms with E-state index in [1.165, 1.54) is 18.9 Å². The van der Waals surface area contributed by atoms with E-state index in [-0.39, 0.29) is 11.1 Å². The van der Waals surface area contributed by atoms with Crippen molar-refractivity contribution < 1.29 is 19.8 Å². The monoisotopic (exact) mass is 418 g/mol. The Kier molecular flexibility index (Phi) is 11.1. The van der Waals surface area contributed by atoms with Crippen molar-refractivity contribution in [2.45, 2.75) is 92.9 Å². The van der Waals surface area contributed by atoms with Crippen LogP contribution in [-0.2, 0) is 12.8 Å². The minimum absolute atomic E-state index is 0.00896. The van der Waals surface area contributed by atoms with Crippen LogP contribution < -0.4 is 0 Å². The molecule has 0 radical (unpaired) electrons. The molecule has 0 saturated heterocycles. The molecule has 1 aromatic rings. The van der Waals surface area contributed by atoms with Crippen LogP contribution in [0.1, 0.15) is 112 Å². The fourth-order valence-electron chi connectivity index (χ4n) is 4.90. The van der Waals surface area contributed by atoms with E-state index >= 15 is 0 Å². The summed E-state index contributed by atoms with van der Waals surface area (Å²) in [5.74, 6) is -0.000765. The maximum absolute atomic E-state index is 12.0. The number of carbonyl (C=O) groups is 2. The Morgan fingerprint density at radius 3 is 2.03 bits per heavy atom. The van der Waals surface area contributed by atoms with Gasteiger partial charge in [0.1, 0.15) is 0 Å². The minimum Gasteiger partial charge on any atom is -0.478 e. The van der Waals surface area contributed by atoms with Gasteiger partial charge in [0.15, 0.2) is 0 Å². The van der Waals surface area contributed by atoms with Crippen molar-refractivity contribution in [2.24, 2.45) is 23.7 Å². The average molecular weight is 419 g/mol. The predicted molar refractivity (Wildman–Crippen MR) is 123 cm³/mol. The number of aromatic carboxylic acids is 2. The molecule has 3 unspecified atom stereocenters. The smallest absolute Gasteiger partial charge is 0.336 e. The highest BCUT2D eigenvalue weighted by Gasteiger charge is 2.24. The van der Waals surface area contributed by atoms with Crippen LogP contribution in [-0.4, -0.2) is 22.2 Å². The Morgan fingerprint density at radius 2 is 1.50 bits per heavy atom. The minimum atomic E-state index is -1.17. The first-order valence-corrected chi connectivity index (χ1v) is 11.7. The molecular weight excluding hydrogens is 376 g/mol.